The van der Waals surface area contributed by atoms with Gasteiger partial charge in [0.05, 0.1) is 13.2 Å². The highest BCUT2D eigenvalue weighted by molar-refractivity contribution is 5.93. The van der Waals surface area contributed by atoms with Crippen molar-refractivity contribution >= 4 is 11.7 Å². The summed E-state index contributed by atoms with van der Waals surface area (Å²) in [5, 5.41) is 0. The summed E-state index contributed by atoms with van der Waals surface area (Å²) in [6, 6.07) is -0.258. The van der Waals surface area contributed by atoms with E-state index in [-0.39, 0.29) is 17.9 Å². The SMILES string of the molecule is CC(C)C1N=C(CCN2CCOCC2)NNC1=O. The number of rotatable bonds is 4. The van der Waals surface area contributed by atoms with Crippen LogP contribution in [0.3, 0.4) is 0 Å². The Kier molecular flexibility index (Phi) is 4.54. The zero-order chi connectivity index (χ0) is 13.0. The van der Waals surface area contributed by atoms with Gasteiger partial charge in [0.1, 0.15) is 11.9 Å². The second kappa shape index (κ2) is 6.15. The lowest BCUT2D eigenvalue weighted by molar-refractivity contribution is -0.124. The number of carbonyl (C=O) groups is 1. The van der Waals surface area contributed by atoms with Crippen molar-refractivity contribution in [3.8, 4) is 0 Å². The standard InChI is InChI=1S/C12H22N4O2/c1-9(2)11-12(17)15-14-10(13-11)3-4-16-5-7-18-8-6-16/h9,11H,3-8H2,1-2H3,(H,13,14)(H,15,17). The van der Waals surface area contributed by atoms with Gasteiger partial charge >= 0.3 is 0 Å². The number of amides is 1. The predicted octanol–water partition coefficient (Wildman–Crippen LogP) is -0.234. The van der Waals surface area contributed by atoms with E-state index in [2.05, 4.69) is 20.7 Å². The molecule has 1 saturated heterocycles. The molecule has 1 amide bonds. The van der Waals surface area contributed by atoms with Crippen LogP contribution in [-0.2, 0) is 9.53 Å². The number of aliphatic imine (C=N–C) groups is 1. The van der Waals surface area contributed by atoms with Gasteiger partial charge in [0, 0.05) is 26.1 Å². The van der Waals surface area contributed by atoms with E-state index in [0.29, 0.717) is 0 Å². The molecule has 0 radical (unpaired) electrons. The van der Waals surface area contributed by atoms with E-state index < -0.39 is 0 Å². The van der Waals surface area contributed by atoms with Crippen molar-refractivity contribution in [1.29, 1.82) is 0 Å². The lowest BCUT2D eigenvalue weighted by Crippen LogP contribution is -2.53. The van der Waals surface area contributed by atoms with Gasteiger partial charge in [-0.2, -0.15) is 0 Å². The number of hydrazine groups is 1. The molecule has 0 bridgehead atoms. The van der Waals surface area contributed by atoms with Crippen LogP contribution in [0.4, 0.5) is 0 Å². The Balaban J connectivity index is 1.84. The second-order valence-electron chi connectivity index (χ2n) is 5.08. The molecule has 1 atom stereocenters. The average Bonchev–Trinajstić information content (AvgIpc) is 2.38. The van der Waals surface area contributed by atoms with E-state index in [1.54, 1.807) is 0 Å². The summed E-state index contributed by atoms with van der Waals surface area (Å²) in [6.45, 7) is 8.56. The molecule has 0 saturated carbocycles. The summed E-state index contributed by atoms with van der Waals surface area (Å²) in [5.74, 6) is 1.06. The first-order valence-corrected chi connectivity index (χ1v) is 6.59. The number of carbonyl (C=O) groups excluding carboxylic acids is 1. The molecule has 2 aliphatic heterocycles. The third kappa shape index (κ3) is 3.43. The zero-order valence-electron chi connectivity index (χ0n) is 11.1. The molecule has 18 heavy (non-hydrogen) atoms. The lowest BCUT2D eigenvalue weighted by Gasteiger charge is -2.28. The van der Waals surface area contributed by atoms with Gasteiger partial charge < -0.3 is 4.74 Å². The van der Waals surface area contributed by atoms with Gasteiger partial charge in [-0.05, 0) is 5.92 Å². The highest BCUT2D eigenvalue weighted by Crippen LogP contribution is 2.10. The topological polar surface area (TPSA) is 66.0 Å². The van der Waals surface area contributed by atoms with E-state index in [1.165, 1.54) is 0 Å². The molecule has 0 spiro atoms. The highest BCUT2D eigenvalue weighted by Gasteiger charge is 2.25. The quantitative estimate of drug-likeness (QED) is 0.727. The summed E-state index contributed by atoms with van der Waals surface area (Å²) >= 11 is 0. The Morgan fingerprint density at radius 2 is 2.11 bits per heavy atom. The number of morpholine rings is 1. The van der Waals surface area contributed by atoms with Crippen molar-refractivity contribution in [2.24, 2.45) is 10.9 Å². The van der Waals surface area contributed by atoms with Crippen LogP contribution in [0.1, 0.15) is 20.3 Å². The van der Waals surface area contributed by atoms with Crippen LogP contribution in [0.5, 0.6) is 0 Å². The van der Waals surface area contributed by atoms with Gasteiger partial charge in [0.25, 0.3) is 5.91 Å². The number of hydrogen-bond donors (Lipinski definition) is 2. The third-order valence-corrected chi connectivity index (χ3v) is 3.29. The summed E-state index contributed by atoms with van der Waals surface area (Å²) in [7, 11) is 0. The zero-order valence-corrected chi connectivity index (χ0v) is 11.1. The fraction of sp³-hybridized carbons (Fsp3) is 0.833. The molecule has 2 N–H and O–H groups in total. The molecule has 2 aliphatic rings. The van der Waals surface area contributed by atoms with Gasteiger partial charge in [-0.3, -0.25) is 25.5 Å². The largest absolute Gasteiger partial charge is 0.379 e. The van der Waals surface area contributed by atoms with Crippen LogP contribution in [0.2, 0.25) is 0 Å². The molecule has 2 rings (SSSR count). The predicted molar refractivity (Wildman–Crippen MR) is 69.2 cm³/mol. The average molecular weight is 254 g/mol. The molecule has 0 aliphatic carbocycles. The number of amidine groups is 1. The van der Waals surface area contributed by atoms with E-state index in [1.807, 2.05) is 13.8 Å². The smallest absolute Gasteiger partial charge is 0.263 e. The maximum atomic E-state index is 11.6. The van der Waals surface area contributed by atoms with Crippen molar-refractivity contribution in [3.05, 3.63) is 0 Å². The fourth-order valence-electron chi connectivity index (χ4n) is 2.13. The Morgan fingerprint density at radius 1 is 1.39 bits per heavy atom. The Labute approximate surface area is 108 Å². The maximum Gasteiger partial charge on any atom is 0.263 e. The van der Waals surface area contributed by atoms with Gasteiger partial charge in [-0.1, -0.05) is 13.8 Å². The van der Waals surface area contributed by atoms with Gasteiger partial charge in [-0.15, -0.1) is 0 Å². The van der Waals surface area contributed by atoms with Gasteiger partial charge in [0.2, 0.25) is 0 Å². The first-order chi connectivity index (χ1) is 8.66. The van der Waals surface area contributed by atoms with Crippen LogP contribution < -0.4 is 10.9 Å². The van der Waals surface area contributed by atoms with Crippen LogP contribution in [0.25, 0.3) is 0 Å². The van der Waals surface area contributed by atoms with Crippen LogP contribution in [0.15, 0.2) is 4.99 Å². The third-order valence-electron chi connectivity index (χ3n) is 3.29. The summed E-state index contributed by atoms with van der Waals surface area (Å²) in [4.78, 5) is 18.4. The first kappa shape index (κ1) is 13.3. The number of nitrogens with one attached hydrogen (secondary N) is 2. The van der Waals surface area contributed by atoms with Crippen molar-refractivity contribution in [2.75, 3.05) is 32.8 Å². The lowest BCUT2D eigenvalue weighted by atomic mass is 10.0. The highest BCUT2D eigenvalue weighted by atomic mass is 16.5. The normalized spacial score (nSPS) is 25.6. The minimum atomic E-state index is -0.258. The molecule has 1 fully saturated rings. The number of nitrogens with zero attached hydrogens (tertiary/aromatic N) is 2. The minimum absolute atomic E-state index is 0.0416. The van der Waals surface area contributed by atoms with E-state index >= 15 is 0 Å². The van der Waals surface area contributed by atoms with Crippen molar-refractivity contribution in [2.45, 2.75) is 26.3 Å². The maximum absolute atomic E-state index is 11.6. The van der Waals surface area contributed by atoms with Crippen LogP contribution >= 0.6 is 0 Å². The molecule has 6 nitrogen and oxygen atoms in total. The molecule has 2 heterocycles. The molecule has 0 aromatic rings. The molecule has 1 unspecified atom stereocenters. The second-order valence-corrected chi connectivity index (χ2v) is 5.08. The van der Waals surface area contributed by atoms with Crippen molar-refractivity contribution in [1.82, 2.24) is 15.8 Å². The molecular weight excluding hydrogens is 232 g/mol. The summed E-state index contributed by atoms with van der Waals surface area (Å²) < 4.78 is 5.31. The summed E-state index contributed by atoms with van der Waals surface area (Å²) in [6.07, 6.45) is 0.837. The fourth-order valence-corrected chi connectivity index (χ4v) is 2.13. The molecule has 102 valence electrons. The van der Waals surface area contributed by atoms with Crippen molar-refractivity contribution in [3.63, 3.8) is 0 Å². The van der Waals surface area contributed by atoms with E-state index in [4.69, 9.17) is 4.74 Å². The van der Waals surface area contributed by atoms with Gasteiger partial charge in [0.15, 0.2) is 0 Å². The Morgan fingerprint density at radius 3 is 2.78 bits per heavy atom. The molecule has 0 aromatic carbocycles. The van der Waals surface area contributed by atoms with Crippen molar-refractivity contribution < 1.29 is 9.53 Å². The Hall–Kier alpha value is -1.14. The number of ether oxygens (including phenoxy) is 1. The number of hydrogen-bond acceptors (Lipinski definition) is 5. The molecule has 6 heteroatoms. The minimum Gasteiger partial charge on any atom is -0.379 e. The first-order valence-electron chi connectivity index (χ1n) is 6.59. The molecule has 0 aromatic heterocycles. The van der Waals surface area contributed by atoms with Crippen LogP contribution in [0, 0.1) is 5.92 Å². The summed E-state index contributed by atoms with van der Waals surface area (Å²) in [5.41, 5.74) is 5.57. The molecular formula is C12H22N4O2. The van der Waals surface area contributed by atoms with E-state index in [9.17, 15) is 4.79 Å². The van der Waals surface area contributed by atoms with Crippen LogP contribution in [-0.4, -0.2) is 55.5 Å². The van der Waals surface area contributed by atoms with Gasteiger partial charge in [-0.25, -0.2) is 0 Å². The Bertz CT molecular complexity index is 324. The monoisotopic (exact) mass is 254 g/mol. The van der Waals surface area contributed by atoms with E-state index in [0.717, 1.165) is 45.1 Å².